The van der Waals surface area contributed by atoms with E-state index in [-0.39, 0.29) is 11.6 Å². The van der Waals surface area contributed by atoms with Gasteiger partial charge in [0.15, 0.2) is 5.13 Å². The normalized spacial score (nSPS) is 21.0. The van der Waals surface area contributed by atoms with Crippen molar-refractivity contribution in [2.75, 3.05) is 38.0 Å². The molecular weight excluding hydrogens is 412 g/mol. The number of aryl methyl sites for hydroxylation is 1. The monoisotopic (exact) mass is 433 g/mol. The van der Waals surface area contributed by atoms with Crippen LogP contribution in [0.25, 0.3) is 0 Å². The molecule has 11 heteroatoms. The summed E-state index contributed by atoms with van der Waals surface area (Å²) in [5.74, 6) is -1.86. The van der Waals surface area contributed by atoms with E-state index < -0.39 is 24.9 Å². The third-order valence-electron chi connectivity index (χ3n) is 5.13. The minimum Gasteiger partial charge on any atom is -0.325 e. The van der Waals surface area contributed by atoms with Gasteiger partial charge < -0.3 is 10.2 Å². The van der Waals surface area contributed by atoms with Crippen LogP contribution in [0.2, 0.25) is 0 Å². The second-order valence-electron chi connectivity index (χ2n) is 7.67. The molecule has 2 saturated heterocycles. The molecule has 2 aliphatic heterocycles. The van der Waals surface area contributed by atoms with Crippen molar-refractivity contribution in [1.29, 1.82) is 5.26 Å². The van der Waals surface area contributed by atoms with Crippen molar-refractivity contribution in [3.63, 3.8) is 0 Å². The molecule has 2 aromatic rings. The Morgan fingerprint density at radius 1 is 1.40 bits per heavy atom. The predicted molar refractivity (Wildman–Crippen MR) is 107 cm³/mol. The number of aromatic nitrogens is 3. The van der Waals surface area contributed by atoms with Gasteiger partial charge in [-0.25, -0.2) is 23.7 Å². The number of alkyl halides is 2. The molecule has 0 radical (unpaired) electrons. The topological polar surface area (TPSA) is 98.0 Å². The standard InChI is InChI=1S/C19H21F2N7OS/c1-12-7-15(25-16(23-12)13-3-2-5-27(8-13)6-4-22)26-18-24-14(9-30-18)17(29)28-10-19(20,21)11-28/h7,9,13H,2-3,5-6,8,10-11H2,1H3,(H,23,24,25,26)/t13-/m0/s1. The first-order valence-electron chi connectivity index (χ1n) is 9.67. The van der Waals surface area contributed by atoms with Gasteiger partial charge in [-0.2, -0.15) is 5.26 Å². The molecule has 8 nitrogen and oxygen atoms in total. The van der Waals surface area contributed by atoms with E-state index in [0.717, 1.165) is 42.3 Å². The molecule has 1 amide bonds. The summed E-state index contributed by atoms with van der Waals surface area (Å²) in [5, 5.41) is 14.1. The van der Waals surface area contributed by atoms with Gasteiger partial charge in [0.2, 0.25) is 0 Å². The van der Waals surface area contributed by atoms with Crippen LogP contribution in [-0.4, -0.2) is 69.3 Å². The molecule has 0 aliphatic carbocycles. The number of anilines is 2. The first-order chi connectivity index (χ1) is 14.3. The Hall–Kier alpha value is -2.71. The summed E-state index contributed by atoms with van der Waals surface area (Å²) in [6.07, 6.45) is 1.95. The molecule has 1 N–H and O–H groups in total. The number of nitrogens with one attached hydrogen (secondary N) is 1. The maximum atomic E-state index is 13.0. The molecule has 158 valence electrons. The molecule has 0 spiro atoms. The van der Waals surface area contributed by atoms with Crippen LogP contribution in [-0.2, 0) is 0 Å². The first kappa shape index (κ1) is 20.6. The number of thiazole rings is 1. The highest BCUT2D eigenvalue weighted by atomic mass is 32.1. The Bertz CT molecular complexity index is 982. The van der Waals surface area contributed by atoms with Crippen LogP contribution in [0.5, 0.6) is 0 Å². The van der Waals surface area contributed by atoms with E-state index in [4.69, 9.17) is 5.26 Å². The van der Waals surface area contributed by atoms with Crippen LogP contribution in [0, 0.1) is 18.3 Å². The van der Waals surface area contributed by atoms with Crippen LogP contribution < -0.4 is 5.32 Å². The van der Waals surface area contributed by atoms with Crippen molar-refractivity contribution in [2.45, 2.75) is 31.6 Å². The summed E-state index contributed by atoms with van der Waals surface area (Å²) in [4.78, 5) is 28.8. The van der Waals surface area contributed by atoms with Crippen molar-refractivity contribution in [3.05, 3.63) is 28.7 Å². The van der Waals surface area contributed by atoms with Crippen molar-refractivity contribution < 1.29 is 13.6 Å². The minimum absolute atomic E-state index is 0.142. The van der Waals surface area contributed by atoms with Gasteiger partial charge in [0.05, 0.1) is 25.7 Å². The lowest BCUT2D eigenvalue weighted by Gasteiger charge is -2.38. The smallest absolute Gasteiger partial charge is 0.282 e. The zero-order valence-corrected chi connectivity index (χ0v) is 17.3. The average molecular weight is 433 g/mol. The quantitative estimate of drug-likeness (QED) is 0.724. The van der Waals surface area contributed by atoms with Gasteiger partial charge in [0.25, 0.3) is 11.8 Å². The molecule has 2 aromatic heterocycles. The Morgan fingerprint density at radius 2 is 2.20 bits per heavy atom. The predicted octanol–water partition coefficient (Wildman–Crippen LogP) is 2.78. The van der Waals surface area contributed by atoms with Crippen molar-refractivity contribution in [3.8, 4) is 6.07 Å². The first-order valence-corrected chi connectivity index (χ1v) is 10.6. The lowest BCUT2D eigenvalue weighted by Crippen LogP contribution is -2.58. The van der Waals surface area contributed by atoms with E-state index in [1.807, 2.05) is 6.92 Å². The van der Waals surface area contributed by atoms with Gasteiger partial charge in [0, 0.05) is 29.6 Å². The van der Waals surface area contributed by atoms with Crippen LogP contribution in [0.15, 0.2) is 11.4 Å². The number of rotatable bonds is 5. The number of piperidine rings is 1. The second-order valence-corrected chi connectivity index (χ2v) is 8.52. The summed E-state index contributed by atoms with van der Waals surface area (Å²) in [6.45, 7) is 2.79. The lowest BCUT2D eigenvalue weighted by molar-refractivity contribution is -0.113. The number of halogens is 2. The highest BCUT2D eigenvalue weighted by Crippen LogP contribution is 2.30. The number of nitrogens with zero attached hydrogens (tertiary/aromatic N) is 6. The third kappa shape index (κ3) is 4.55. The maximum Gasteiger partial charge on any atom is 0.282 e. The van der Waals surface area contributed by atoms with Crippen LogP contribution in [0.1, 0.15) is 40.8 Å². The van der Waals surface area contributed by atoms with E-state index in [1.165, 1.54) is 11.3 Å². The van der Waals surface area contributed by atoms with Gasteiger partial charge in [0.1, 0.15) is 17.3 Å². The zero-order valence-electron chi connectivity index (χ0n) is 16.4. The van der Waals surface area contributed by atoms with Crippen molar-refractivity contribution in [2.24, 2.45) is 0 Å². The second kappa shape index (κ2) is 8.20. The van der Waals surface area contributed by atoms with Crippen LogP contribution >= 0.6 is 11.3 Å². The number of nitriles is 1. The fraction of sp³-hybridized carbons (Fsp3) is 0.526. The van der Waals surface area contributed by atoms with E-state index in [1.54, 1.807) is 11.4 Å². The molecule has 2 aliphatic rings. The Labute approximate surface area is 176 Å². The average Bonchev–Trinajstić information content (AvgIpc) is 3.14. The Balaban J connectivity index is 1.45. The fourth-order valence-corrected chi connectivity index (χ4v) is 4.40. The molecule has 4 rings (SSSR count). The molecule has 1 atom stereocenters. The van der Waals surface area contributed by atoms with E-state index in [9.17, 15) is 13.6 Å². The largest absolute Gasteiger partial charge is 0.325 e. The lowest BCUT2D eigenvalue weighted by atomic mass is 9.97. The summed E-state index contributed by atoms with van der Waals surface area (Å²) in [5.41, 5.74) is 0.944. The van der Waals surface area contributed by atoms with Crippen LogP contribution in [0.4, 0.5) is 19.7 Å². The molecule has 2 fully saturated rings. The van der Waals surface area contributed by atoms with Gasteiger partial charge in [-0.05, 0) is 26.3 Å². The molecule has 0 aromatic carbocycles. The maximum absolute atomic E-state index is 13.0. The van der Waals surface area contributed by atoms with E-state index in [0.29, 0.717) is 17.5 Å². The summed E-state index contributed by atoms with van der Waals surface area (Å²) >= 11 is 1.22. The van der Waals surface area contributed by atoms with Gasteiger partial charge >= 0.3 is 0 Å². The molecule has 4 heterocycles. The molecule has 30 heavy (non-hydrogen) atoms. The van der Waals surface area contributed by atoms with E-state index >= 15 is 0 Å². The van der Waals surface area contributed by atoms with Gasteiger partial charge in [-0.15, -0.1) is 11.3 Å². The molecular formula is C19H21F2N7OS. The van der Waals surface area contributed by atoms with E-state index in [2.05, 4.69) is 31.2 Å². The molecule has 0 unspecified atom stereocenters. The molecule has 0 saturated carbocycles. The fourth-order valence-electron chi connectivity index (χ4n) is 3.70. The van der Waals surface area contributed by atoms with Crippen molar-refractivity contribution >= 4 is 28.2 Å². The number of hydrogen-bond acceptors (Lipinski definition) is 8. The number of likely N-dealkylation sites (tertiary alicyclic amines) is 2. The number of hydrogen-bond donors (Lipinski definition) is 1. The Morgan fingerprint density at radius 3 is 2.93 bits per heavy atom. The van der Waals surface area contributed by atoms with Crippen LogP contribution in [0.3, 0.4) is 0 Å². The third-order valence-corrected chi connectivity index (χ3v) is 5.88. The minimum atomic E-state index is -2.80. The highest BCUT2D eigenvalue weighted by molar-refractivity contribution is 7.14. The zero-order chi connectivity index (χ0) is 21.3. The SMILES string of the molecule is Cc1cc(Nc2nc(C(=O)N3CC(F)(F)C3)cs2)nc([C@H]2CCCN(CC#N)C2)n1. The Kier molecular flexibility index (Phi) is 5.62. The number of carbonyl (C=O) groups is 1. The number of carbonyl (C=O) groups excluding carboxylic acids is 1. The highest BCUT2D eigenvalue weighted by Gasteiger charge is 2.46. The summed E-state index contributed by atoms with van der Waals surface area (Å²) in [6, 6.07) is 3.98. The number of amides is 1. The van der Waals surface area contributed by atoms with Crippen molar-refractivity contribution in [1.82, 2.24) is 24.8 Å². The molecule has 0 bridgehead atoms. The summed E-state index contributed by atoms with van der Waals surface area (Å²) in [7, 11) is 0. The summed E-state index contributed by atoms with van der Waals surface area (Å²) < 4.78 is 26.0. The van der Waals surface area contributed by atoms with Gasteiger partial charge in [-0.1, -0.05) is 0 Å². The van der Waals surface area contributed by atoms with Gasteiger partial charge in [-0.3, -0.25) is 9.69 Å².